The van der Waals surface area contributed by atoms with Gasteiger partial charge in [0.2, 0.25) is 0 Å². The molecule has 0 fully saturated rings. The van der Waals surface area contributed by atoms with Crippen molar-refractivity contribution >= 4 is 50.5 Å². The molecule has 0 spiro atoms. The monoisotopic (exact) mass is 396 g/mol. The number of ether oxygens (including phenoxy) is 1. The molecule has 4 aromatic rings. The summed E-state index contributed by atoms with van der Waals surface area (Å²) in [7, 11) is 1.58. The maximum Gasteiger partial charge on any atom is 0.165 e. The number of para-hydroxylation sites is 1. The molecule has 0 bridgehead atoms. The van der Waals surface area contributed by atoms with Gasteiger partial charge in [-0.15, -0.1) is 0 Å². The first kappa shape index (κ1) is 18.3. The van der Waals surface area contributed by atoms with Crippen molar-refractivity contribution in [1.82, 2.24) is 4.98 Å². The molecule has 0 aliphatic carbocycles. The number of hydrogen-bond acceptors (Lipinski definition) is 6. The van der Waals surface area contributed by atoms with Gasteiger partial charge in [0.25, 0.3) is 0 Å². The lowest BCUT2D eigenvalue weighted by Crippen LogP contribution is -2.99. The molecular weight excluding hydrogens is 380 g/mol. The van der Waals surface area contributed by atoms with Crippen molar-refractivity contribution in [2.24, 2.45) is 0 Å². The summed E-state index contributed by atoms with van der Waals surface area (Å²) in [6.07, 6.45) is 0. The minimum Gasteiger partial charge on any atom is -0.595 e. The Bertz CT molecular complexity index is 1150. The molecule has 4 rings (SSSR count). The van der Waals surface area contributed by atoms with E-state index in [9.17, 15) is 10.4 Å². The number of nitrogens with zero attached hydrogens (tertiary/aromatic N) is 1. The third kappa shape index (κ3) is 3.39. The first-order chi connectivity index (χ1) is 13.6. The lowest BCUT2D eigenvalue weighted by molar-refractivity contribution is -0.991. The number of halogens is 1. The number of aromatic nitrogens is 1. The van der Waals surface area contributed by atoms with Crippen LogP contribution in [0.1, 0.15) is 0 Å². The average molecular weight is 397 g/mol. The van der Waals surface area contributed by atoms with Crippen LogP contribution in [0.5, 0.6) is 5.75 Å². The summed E-state index contributed by atoms with van der Waals surface area (Å²) in [4.78, 5) is 4.65. The molecule has 4 N–H and O–H groups in total. The van der Waals surface area contributed by atoms with Crippen LogP contribution in [0.2, 0.25) is 5.02 Å². The van der Waals surface area contributed by atoms with E-state index in [0.29, 0.717) is 21.8 Å². The predicted octanol–water partition coefficient (Wildman–Crippen LogP) is 3.89. The highest BCUT2D eigenvalue weighted by Gasteiger charge is 2.14. The van der Waals surface area contributed by atoms with E-state index in [1.54, 1.807) is 37.4 Å². The summed E-state index contributed by atoms with van der Waals surface area (Å²) >= 11 is 5.94. The number of anilines is 2. The van der Waals surface area contributed by atoms with Gasteiger partial charge in [0.15, 0.2) is 5.69 Å². The summed E-state index contributed by atoms with van der Waals surface area (Å²) in [5.41, 5.74) is 9.34. The van der Waals surface area contributed by atoms with E-state index in [4.69, 9.17) is 16.3 Å². The van der Waals surface area contributed by atoms with Crippen LogP contribution in [0.25, 0.3) is 21.8 Å². The highest BCUT2D eigenvalue weighted by Crippen LogP contribution is 2.35. The zero-order valence-corrected chi connectivity index (χ0v) is 15.6. The van der Waals surface area contributed by atoms with Crippen molar-refractivity contribution in [3.05, 3.63) is 70.9 Å². The van der Waals surface area contributed by atoms with Crippen LogP contribution in [-0.4, -0.2) is 17.3 Å². The SMILES string of the molecule is COc1cccc2c(NNc3ccc(Cl)cc3)c3ccc([NH+]([O-])O)cc3nc12. The molecule has 0 amide bonds. The average Bonchev–Trinajstić information content (AvgIpc) is 2.71. The molecule has 7 nitrogen and oxygen atoms in total. The normalized spacial score (nSPS) is 12.1. The minimum atomic E-state index is -1.00. The molecule has 0 radical (unpaired) electrons. The van der Waals surface area contributed by atoms with Gasteiger partial charge >= 0.3 is 0 Å². The fourth-order valence-electron chi connectivity index (χ4n) is 3.04. The number of methoxy groups -OCH3 is 1. The second-order valence-electron chi connectivity index (χ2n) is 6.14. The number of fused-ring (bicyclic) bond motifs is 2. The Kier molecular flexibility index (Phi) is 4.89. The van der Waals surface area contributed by atoms with Crippen LogP contribution < -0.4 is 20.8 Å². The maximum atomic E-state index is 11.4. The number of nitrogens with one attached hydrogen (secondary N) is 3. The Morgan fingerprint density at radius 1 is 1.04 bits per heavy atom. The summed E-state index contributed by atoms with van der Waals surface area (Å²) in [6, 6.07) is 17.8. The maximum absolute atomic E-state index is 11.4. The molecule has 1 heterocycles. The van der Waals surface area contributed by atoms with Crippen molar-refractivity contribution in [2.75, 3.05) is 18.0 Å². The van der Waals surface area contributed by atoms with Crippen LogP contribution in [0.4, 0.5) is 17.1 Å². The fourth-order valence-corrected chi connectivity index (χ4v) is 3.17. The second kappa shape index (κ2) is 7.49. The van der Waals surface area contributed by atoms with Crippen LogP contribution in [0.15, 0.2) is 60.7 Å². The molecule has 8 heteroatoms. The molecule has 1 aromatic heterocycles. The lowest BCUT2D eigenvalue weighted by Gasteiger charge is -2.17. The standard InChI is InChI=1S/C20H17ClN4O3/c1-28-18-4-2-3-16-19(24-23-13-7-5-12(21)6-8-13)15-10-9-14(25(26)27)11-17(15)22-20(16)18/h2-11,23,25-26H,1H3,(H,22,24). The smallest absolute Gasteiger partial charge is 0.165 e. The van der Waals surface area contributed by atoms with Gasteiger partial charge in [0.1, 0.15) is 11.3 Å². The quantitative estimate of drug-likeness (QED) is 0.302. The van der Waals surface area contributed by atoms with Gasteiger partial charge in [0.05, 0.1) is 24.0 Å². The highest BCUT2D eigenvalue weighted by atomic mass is 35.5. The minimum absolute atomic E-state index is 0.172. The zero-order valence-electron chi connectivity index (χ0n) is 14.9. The molecule has 28 heavy (non-hydrogen) atoms. The Morgan fingerprint density at radius 2 is 1.82 bits per heavy atom. The number of rotatable bonds is 5. The van der Waals surface area contributed by atoms with Crippen LogP contribution in [0, 0.1) is 5.21 Å². The first-order valence-electron chi connectivity index (χ1n) is 8.48. The third-order valence-electron chi connectivity index (χ3n) is 4.41. The number of benzene rings is 3. The third-order valence-corrected chi connectivity index (χ3v) is 4.66. The van der Waals surface area contributed by atoms with E-state index < -0.39 is 5.23 Å². The molecule has 1 unspecified atom stereocenters. The van der Waals surface area contributed by atoms with Gasteiger partial charge < -0.3 is 15.4 Å². The molecule has 1 atom stereocenters. The summed E-state index contributed by atoms with van der Waals surface area (Å²) in [5.74, 6) is 0.606. The Labute approximate surface area is 165 Å². The second-order valence-corrected chi connectivity index (χ2v) is 6.57. The van der Waals surface area contributed by atoms with Crippen molar-refractivity contribution < 1.29 is 15.2 Å². The van der Waals surface area contributed by atoms with Crippen LogP contribution in [0.3, 0.4) is 0 Å². The van der Waals surface area contributed by atoms with Crippen molar-refractivity contribution in [3.8, 4) is 5.75 Å². The molecule has 0 aliphatic heterocycles. The van der Waals surface area contributed by atoms with Gasteiger partial charge in [-0.05, 0) is 36.4 Å². The highest BCUT2D eigenvalue weighted by molar-refractivity contribution is 6.30. The summed E-state index contributed by atoms with van der Waals surface area (Å²) in [6.45, 7) is 0. The van der Waals surface area contributed by atoms with Crippen LogP contribution in [-0.2, 0) is 0 Å². The zero-order chi connectivity index (χ0) is 19.7. The molecule has 0 aliphatic rings. The number of pyridine rings is 1. The molecule has 3 aromatic carbocycles. The van der Waals surface area contributed by atoms with Gasteiger partial charge in [0, 0.05) is 27.9 Å². The van der Waals surface area contributed by atoms with Crippen molar-refractivity contribution in [3.63, 3.8) is 0 Å². The lowest BCUT2D eigenvalue weighted by atomic mass is 10.1. The van der Waals surface area contributed by atoms with Gasteiger partial charge in [-0.1, -0.05) is 23.7 Å². The Morgan fingerprint density at radius 3 is 2.54 bits per heavy atom. The summed E-state index contributed by atoms with van der Waals surface area (Å²) < 4.78 is 5.44. The first-order valence-corrected chi connectivity index (χ1v) is 8.86. The molecule has 0 saturated heterocycles. The molecular formula is C20H17ClN4O3. The number of hydrazine groups is 1. The van der Waals surface area contributed by atoms with Crippen molar-refractivity contribution in [2.45, 2.75) is 0 Å². The fraction of sp³-hybridized carbons (Fsp3) is 0.0500. The van der Waals surface area contributed by atoms with E-state index in [1.165, 1.54) is 0 Å². The topological polar surface area (TPSA) is 93.9 Å². The number of hydrogen-bond donors (Lipinski definition) is 4. The van der Waals surface area contributed by atoms with E-state index in [2.05, 4.69) is 15.8 Å². The molecule has 0 saturated carbocycles. The Hall–Kier alpha value is -3.10. The Balaban J connectivity index is 1.88. The van der Waals surface area contributed by atoms with Crippen molar-refractivity contribution in [1.29, 1.82) is 0 Å². The number of quaternary nitrogens is 1. The van der Waals surface area contributed by atoms with Gasteiger partial charge in [-0.2, -0.15) is 5.23 Å². The largest absolute Gasteiger partial charge is 0.595 e. The summed E-state index contributed by atoms with van der Waals surface area (Å²) in [5, 5.41) is 21.9. The predicted molar refractivity (Wildman–Crippen MR) is 110 cm³/mol. The van der Waals surface area contributed by atoms with Gasteiger partial charge in [-0.3, -0.25) is 5.43 Å². The van der Waals surface area contributed by atoms with E-state index in [-0.39, 0.29) is 5.69 Å². The van der Waals surface area contributed by atoms with E-state index in [0.717, 1.165) is 22.1 Å². The molecule has 142 valence electrons. The van der Waals surface area contributed by atoms with Crippen LogP contribution >= 0.6 is 11.6 Å². The van der Waals surface area contributed by atoms with Gasteiger partial charge in [-0.25, -0.2) is 10.2 Å². The van der Waals surface area contributed by atoms with E-state index >= 15 is 0 Å². The van der Waals surface area contributed by atoms with E-state index in [1.807, 2.05) is 30.3 Å².